The Balaban J connectivity index is 0.000000504. The number of unbranched alkanes of at least 4 members (excludes halogenated alkanes) is 1. The van der Waals surface area contributed by atoms with Gasteiger partial charge in [-0.25, -0.2) is 0 Å². The summed E-state index contributed by atoms with van der Waals surface area (Å²) >= 11 is 0. The molecular weight excluding hydrogens is 320 g/mol. The molecule has 2 unspecified atom stereocenters. The van der Waals surface area contributed by atoms with E-state index in [1.54, 1.807) is 6.92 Å². The number of rotatable bonds is 9. The molecule has 0 aliphatic carbocycles. The van der Waals surface area contributed by atoms with Crippen molar-refractivity contribution in [3.05, 3.63) is 35.4 Å². The standard InChI is InChI=1S/C13H18O2.C6H14N2O2/c1-9(2)8-11-4-6-12(7-5-11)10(3)13(14)15;7-4-2-1-3-5(8)6(9)10/h4-7,9-10H,8H2,1-3H3,(H,14,15);5H,1-4,7-8H2,(H,9,10). The maximum atomic E-state index is 10.8. The van der Waals surface area contributed by atoms with Crippen LogP contribution < -0.4 is 11.5 Å². The monoisotopic (exact) mass is 352 g/mol. The van der Waals surface area contributed by atoms with Crippen LogP contribution in [0.4, 0.5) is 0 Å². The predicted molar refractivity (Wildman–Crippen MR) is 99.6 cm³/mol. The molecule has 0 saturated heterocycles. The average Bonchev–Trinajstić information content (AvgIpc) is 2.55. The van der Waals surface area contributed by atoms with E-state index in [4.69, 9.17) is 21.7 Å². The first kappa shape index (κ1) is 23.1. The van der Waals surface area contributed by atoms with E-state index in [-0.39, 0.29) is 0 Å². The molecule has 6 N–H and O–H groups in total. The number of benzene rings is 1. The molecule has 0 aromatic heterocycles. The molecule has 142 valence electrons. The SMILES string of the molecule is CC(C)Cc1ccc(C(C)C(=O)O)cc1.NCCCCC(N)C(=O)O. The van der Waals surface area contributed by atoms with Crippen LogP contribution in [0.5, 0.6) is 0 Å². The lowest BCUT2D eigenvalue weighted by atomic mass is 9.97. The summed E-state index contributed by atoms with van der Waals surface area (Å²) in [4.78, 5) is 20.9. The highest BCUT2D eigenvalue weighted by atomic mass is 16.4. The molecule has 1 aromatic rings. The molecule has 0 aliphatic heterocycles. The van der Waals surface area contributed by atoms with Gasteiger partial charge in [-0.1, -0.05) is 44.5 Å². The van der Waals surface area contributed by atoms with Gasteiger partial charge in [-0.2, -0.15) is 0 Å². The molecule has 1 aromatic carbocycles. The summed E-state index contributed by atoms with van der Waals surface area (Å²) in [6, 6.07) is 7.16. The summed E-state index contributed by atoms with van der Waals surface area (Å²) in [6.07, 6.45) is 3.21. The van der Waals surface area contributed by atoms with Crippen molar-refractivity contribution in [2.75, 3.05) is 6.54 Å². The third kappa shape index (κ3) is 10.5. The van der Waals surface area contributed by atoms with Gasteiger partial charge in [-0.05, 0) is 49.8 Å². The molecule has 0 aliphatic rings. The zero-order chi connectivity index (χ0) is 19.4. The first-order valence-corrected chi connectivity index (χ1v) is 8.69. The van der Waals surface area contributed by atoms with Crippen molar-refractivity contribution in [2.24, 2.45) is 17.4 Å². The molecule has 0 amide bonds. The van der Waals surface area contributed by atoms with Gasteiger partial charge in [0.05, 0.1) is 5.92 Å². The van der Waals surface area contributed by atoms with E-state index in [1.165, 1.54) is 5.56 Å². The molecule has 25 heavy (non-hydrogen) atoms. The van der Waals surface area contributed by atoms with Crippen LogP contribution in [-0.2, 0) is 16.0 Å². The van der Waals surface area contributed by atoms with Crippen molar-refractivity contribution < 1.29 is 19.8 Å². The lowest BCUT2D eigenvalue weighted by Crippen LogP contribution is -2.29. The van der Waals surface area contributed by atoms with Gasteiger partial charge in [0.2, 0.25) is 0 Å². The zero-order valence-corrected chi connectivity index (χ0v) is 15.4. The van der Waals surface area contributed by atoms with Crippen LogP contribution in [0.25, 0.3) is 0 Å². The van der Waals surface area contributed by atoms with E-state index in [1.807, 2.05) is 24.3 Å². The van der Waals surface area contributed by atoms with Gasteiger partial charge in [-0.3, -0.25) is 9.59 Å². The van der Waals surface area contributed by atoms with E-state index in [2.05, 4.69) is 13.8 Å². The first-order chi connectivity index (χ1) is 11.7. The third-order valence-electron chi connectivity index (χ3n) is 3.78. The van der Waals surface area contributed by atoms with Crippen molar-refractivity contribution >= 4 is 11.9 Å². The van der Waals surface area contributed by atoms with Crippen molar-refractivity contribution in [2.45, 2.75) is 58.4 Å². The highest BCUT2D eigenvalue weighted by molar-refractivity contribution is 5.75. The Kier molecular flexibility index (Phi) is 11.5. The quantitative estimate of drug-likeness (QED) is 0.506. The molecule has 0 radical (unpaired) electrons. The smallest absolute Gasteiger partial charge is 0.320 e. The molecule has 6 nitrogen and oxygen atoms in total. The van der Waals surface area contributed by atoms with Gasteiger partial charge < -0.3 is 21.7 Å². The van der Waals surface area contributed by atoms with Crippen LogP contribution in [-0.4, -0.2) is 34.7 Å². The third-order valence-corrected chi connectivity index (χ3v) is 3.78. The summed E-state index contributed by atoms with van der Waals surface area (Å²) in [5.41, 5.74) is 12.6. The normalized spacial score (nSPS) is 12.9. The topological polar surface area (TPSA) is 127 Å². The maximum Gasteiger partial charge on any atom is 0.320 e. The van der Waals surface area contributed by atoms with E-state index in [9.17, 15) is 9.59 Å². The van der Waals surface area contributed by atoms with E-state index in [0.29, 0.717) is 18.9 Å². The minimum absolute atomic E-state index is 0.418. The Morgan fingerprint density at radius 1 is 1.00 bits per heavy atom. The van der Waals surface area contributed by atoms with Crippen LogP contribution in [0, 0.1) is 5.92 Å². The maximum absolute atomic E-state index is 10.8. The number of nitrogens with two attached hydrogens (primary N) is 2. The fourth-order valence-corrected chi connectivity index (χ4v) is 2.19. The molecule has 1 rings (SSSR count). The van der Waals surface area contributed by atoms with Gasteiger partial charge >= 0.3 is 11.9 Å². The molecule has 0 saturated carbocycles. The summed E-state index contributed by atoms with van der Waals surface area (Å²) in [7, 11) is 0. The van der Waals surface area contributed by atoms with Crippen LogP contribution in [0.15, 0.2) is 24.3 Å². The van der Waals surface area contributed by atoms with E-state index in [0.717, 1.165) is 24.8 Å². The number of aliphatic carboxylic acids is 2. The molecular formula is C19H32N2O4. The second kappa shape index (κ2) is 12.4. The lowest BCUT2D eigenvalue weighted by Gasteiger charge is -2.09. The minimum atomic E-state index is -0.933. The van der Waals surface area contributed by atoms with Gasteiger partial charge in [0.25, 0.3) is 0 Å². The Morgan fingerprint density at radius 2 is 1.56 bits per heavy atom. The molecule has 0 spiro atoms. The summed E-state index contributed by atoms with van der Waals surface area (Å²) < 4.78 is 0. The fourth-order valence-electron chi connectivity index (χ4n) is 2.19. The fraction of sp³-hybridized carbons (Fsp3) is 0.579. The predicted octanol–water partition coefficient (Wildman–Crippen LogP) is 2.60. The summed E-state index contributed by atoms with van der Waals surface area (Å²) in [5, 5.41) is 17.2. The van der Waals surface area contributed by atoms with Gasteiger partial charge in [0.15, 0.2) is 0 Å². The van der Waals surface area contributed by atoms with Crippen molar-refractivity contribution in [3.8, 4) is 0 Å². The molecule has 6 heteroatoms. The molecule has 2 atom stereocenters. The average molecular weight is 352 g/mol. The van der Waals surface area contributed by atoms with Crippen LogP contribution in [0.3, 0.4) is 0 Å². The van der Waals surface area contributed by atoms with Gasteiger partial charge in [-0.15, -0.1) is 0 Å². The number of carboxylic acid groups (broad SMARTS) is 2. The van der Waals surface area contributed by atoms with E-state index >= 15 is 0 Å². The number of hydrogen-bond donors (Lipinski definition) is 4. The van der Waals surface area contributed by atoms with Crippen LogP contribution >= 0.6 is 0 Å². The Hall–Kier alpha value is -1.92. The molecule has 0 heterocycles. The first-order valence-electron chi connectivity index (χ1n) is 8.69. The Morgan fingerprint density at radius 3 is 1.96 bits per heavy atom. The Labute approximate surface area is 150 Å². The molecule has 0 bridgehead atoms. The number of carboxylic acids is 2. The number of carbonyl (C=O) groups is 2. The molecule has 0 fully saturated rings. The van der Waals surface area contributed by atoms with E-state index < -0.39 is 23.9 Å². The summed E-state index contributed by atoms with van der Waals surface area (Å²) in [5.74, 6) is -1.49. The van der Waals surface area contributed by atoms with Gasteiger partial charge in [0, 0.05) is 0 Å². The second-order valence-electron chi connectivity index (χ2n) is 6.63. The van der Waals surface area contributed by atoms with Crippen molar-refractivity contribution in [1.82, 2.24) is 0 Å². The largest absolute Gasteiger partial charge is 0.481 e. The van der Waals surface area contributed by atoms with Gasteiger partial charge in [0.1, 0.15) is 6.04 Å². The van der Waals surface area contributed by atoms with Crippen LogP contribution in [0.1, 0.15) is 57.1 Å². The van der Waals surface area contributed by atoms with Crippen LogP contribution in [0.2, 0.25) is 0 Å². The Bertz CT molecular complexity index is 515. The zero-order valence-electron chi connectivity index (χ0n) is 15.4. The number of hydrogen-bond acceptors (Lipinski definition) is 4. The minimum Gasteiger partial charge on any atom is -0.481 e. The van der Waals surface area contributed by atoms with Crippen molar-refractivity contribution in [1.29, 1.82) is 0 Å². The highest BCUT2D eigenvalue weighted by Crippen LogP contribution is 2.17. The summed E-state index contributed by atoms with van der Waals surface area (Å²) in [6.45, 7) is 6.66. The van der Waals surface area contributed by atoms with Crippen molar-refractivity contribution in [3.63, 3.8) is 0 Å². The second-order valence-corrected chi connectivity index (χ2v) is 6.63. The highest BCUT2D eigenvalue weighted by Gasteiger charge is 2.13. The lowest BCUT2D eigenvalue weighted by molar-refractivity contribution is -0.139.